The number of nitro benzene ring substituents is 1. The molecule has 2 aromatic carbocycles. The number of benzene rings is 2. The van der Waals surface area contributed by atoms with E-state index in [1.54, 1.807) is 0 Å². The molecule has 142 valence electrons. The number of nitrogens with zero attached hydrogens (tertiary/aromatic N) is 1. The van der Waals surface area contributed by atoms with Crippen LogP contribution in [0.25, 0.3) is 0 Å². The topological polar surface area (TPSA) is 108 Å². The number of esters is 1. The Morgan fingerprint density at radius 2 is 1.85 bits per heavy atom. The van der Waals surface area contributed by atoms with Gasteiger partial charge < -0.3 is 14.8 Å². The van der Waals surface area contributed by atoms with Gasteiger partial charge in [0.15, 0.2) is 6.61 Å². The Morgan fingerprint density at radius 1 is 1.19 bits per heavy atom. The summed E-state index contributed by atoms with van der Waals surface area (Å²) in [5, 5.41) is 13.0. The molecule has 8 nitrogen and oxygen atoms in total. The van der Waals surface area contributed by atoms with E-state index < -0.39 is 35.7 Å². The van der Waals surface area contributed by atoms with Gasteiger partial charge in [-0.2, -0.15) is 8.78 Å². The second-order valence-electron chi connectivity index (χ2n) is 4.95. The molecule has 0 heterocycles. The van der Waals surface area contributed by atoms with Gasteiger partial charge in [0, 0.05) is 11.8 Å². The Kier molecular flexibility index (Phi) is 6.61. The second kappa shape index (κ2) is 8.90. The third-order valence-electron chi connectivity index (χ3n) is 3.08. The molecule has 1 amide bonds. The Hall–Kier alpha value is -3.27. The summed E-state index contributed by atoms with van der Waals surface area (Å²) in [6.07, 6.45) is 0. The van der Waals surface area contributed by atoms with E-state index in [2.05, 4.69) is 10.1 Å². The van der Waals surface area contributed by atoms with Crippen LogP contribution in [0.3, 0.4) is 0 Å². The number of ether oxygens (including phenoxy) is 2. The number of hydrogen-bond donors (Lipinski definition) is 1. The Morgan fingerprint density at radius 3 is 2.44 bits per heavy atom. The molecule has 0 aliphatic rings. The molecule has 0 fully saturated rings. The first-order valence-corrected chi connectivity index (χ1v) is 7.60. The van der Waals surface area contributed by atoms with Crippen molar-refractivity contribution in [2.45, 2.75) is 6.61 Å². The first-order valence-electron chi connectivity index (χ1n) is 7.22. The highest BCUT2D eigenvalue weighted by Gasteiger charge is 2.18. The molecule has 27 heavy (non-hydrogen) atoms. The van der Waals surface area contributed by atoms with E-state index in [1.807, 2.05) is 0 Å². The molecular weight excluding hydrogens is 390 g/mol. The molecule has 0 spiro atoms. The Labute approximate surface area is 155 Å². The SMILES string of the molecule is O=C(COC(=O)c1ccc(Cl)c([N+](=O)[O-])c1)Nc1ccc(OC(F)F)cc1. The van der Waals surface area contributed by atoms with Gasteiger partial charge in [-0.05, 0) is 36.4 Å². The number of hydrogen-bond acceptors (Lipinski definition) is 6. The average molecular weight is 401 g/mol. The number of halogens is 3. The minimum atomic E-state index is -2.96. The quantitative estimate of drug-likeness (QED) is 0.432. The molecule has 0 radical (unpaired) electrons. The molecule has 0 aliphatic carbocycles. The summed E-state index contributed by atoms with van der Waals surface area (Å²) in [4.78, 5) is 33.7. The molecule has 0 saturated heterocycles. The van der Waals surface area contributed by atoms with Gasteiger partial charge in [0.1, 0.15) is 10.8 Å². The van der Waals surface area contributed by atoms with Crippen molar-refractivity contribution < 1.29 is 32.8 Å². The van der Waals surface area contributed by atoms with E-state index in [0.29, 0.717) is 0 Å². The number of amides is 1. The van der Waals surface area contributed by atoms with E-state index in [9.17, 15) is 28.5 Å². The van der Waals surface area contributed by atoms with Crippen molar-refractivity contribution in [1.82, 2.24) is 0 Å². The van der Waals surface area contributed by atoms with Crippen LogP contribution in [0.2, 0.25) is 5.02 Å². The number of nitrogens with one attached hydrogen (secondary N) is 1. The van der Waals surface area contributed by atoms with Crippen LogP contribution in [0.4, 0.5) is 20.2 Å². The maximum absolute atomic E-state index is 12.1. The minimum absolute atomic E-state index is 0.0845. The van der Waals surface area contributed by atoms with Crippen LogP contribution < -0.4 is 10.1 Å². The van der Waals surface area contributed by atoms with Crippen molar-refractivity contribution in [3.63, 3.8) is 0 Å². The highest BCUT2D eigenvalue weighted by atomic mass is 35.5. The molecule has 0 aromatic heterocycles. The number of anilines is 1. The first kappa shape index (κ1) is 20.0. The fourth-order valence-electron chi connectivity index (χ4n) is 1.91. The standard InChI is InChI=1S/C16H11ClF2N2O6/c17-12-6-1-9(7-13(12)21(24)25)15(23)26-8-14(22)20-10-2-4-11(5-3-10)27-16(18)19/h1-7,16H,8H2,(H,20,22). The number of nitro groups is 1. The van der Waals surface area contributed by atoms with Crippen LogP contribution in [0.1, 0.15) is 10.4 Å². The number of carbonyl (C=O) groups excluding carboxylic acids is 2. The Bertz CT molecular complexity index is 860. The van der Waals surface area contributed by atoms with E-state index >= 15 is 0 Å². The van der Waals surface area contributed by atoms with Crippen molar-refractivity contribution in [2.75, 3.05) is 11.9 Å². The first-order chi connectivity index (χ1) is 12.8. The summed E-state index contributed by atoms with van der Waals surface area (Å²) in [6, 6.07) is 8.40. The van der Waals surface area contributed by atoms with E-state index in [4.69, 9.17) is 16.3 Å². The number of alkyl halides is 2. The summed E-state index contributed by atoms with van der Waals surface area (Å²) in [6.45, 7) is -3.63. The zero-order valence-electron chi connectivity index (χ0n) is 13.4. The van der Waals surface area contributed by atoms with E-state index in [-0.39, 0.29) is 22.0 Å². The van der Waals surface area contributed by atoms with Crippen molar-refractivity contribution in [1.29, 1.82) is 0 Å². The summed E-state index contributed by atoms with van der Waals surface area (Å²) < 4.78 is 33.0. The van der Waals surface area contributed by atoms with Crippen molar-refractivity contribution >= 4 is 34.9 Å². The average Bonchev–Trinajstić information content (AvgIpc) is 2.61. The minimum Gasteiger partial charge on any atom is -0.452 e. The lowest BCUT2D eigenvalue weighted by molar-refractivity contribution is -0.384. The van der Waals surface area contributed by atoms with Gasteiger partial charge in [-0.3, -0.25) is 14.9 Å². The molecular formula is C16H11ClF2N2O6. The zero-order chi connectivity index (χ0) is 20.0. The smallest absolute Gasteiger partial charge is 0.387 e. The van der Waals surface area contributed by atoms with E-state index in [0.717, 1.165) is 6.07 Å². The van der Waals surface area contributed by atoms with Gasteiger partial charge in [0.2, 0.25) is 0 Å². The molecule has 0 aliphatic heterocycles. The van der Waals surface area contributed by atoms with Gasteiger partial charge in [0.25, 0.3) is 11.6 Å². The lowest BCUT2D eigenvalue weighted by Crippen LogP contribution is -2.21. The Balaban J connectivity index is 1.90. The number of rotatable bonds is 7. The fraction of sp³-hybridized carbons (Fsp3) is 0.125. The second-order valence-corrected chi connectivity index (χ2v) is 5.36. The fourth-order valence-corrected chi connectivity index (χ4v) is 2.10. The monoisotopic (exact) mass is 400 g/mol. The highest BCUT2D eigenvalue weighted by Crippen LogP contribution is 2.25. The van der Waals surface area contributed by atoms with Gasteiger partial charge in [-0.15, -0.1) is 0 Å². The van der Waals surface area contributed by atoms with Crippen LogP contribution in [-0.2, 0) is 9.53 Å². The summed E-state index contributed by atoms with van der Waals surface area (Å²) >= 11 is 5.64. The van der Waals surface area contributed by atoms with Gasteiger partial charge in [0.05, 0.1) is 10.5 Å². The predicted octanol–water partition coefficient (Wildman–Crippen LogP) is 3.65. The normalized spacial score (nSPS) is 10.4. The molecule has 11 heteroatoms. The maximum atomic E-state index is 12.1. The van der Waals surface area contributed by atoms with Crippen molar-refractivity contribution in [2.24, 2.45) is 0 Å². The maximum Gasteiger partial charge on any atom is 0.387 e. The van der Waals surface area contributed by atoms with Crippen LogP contribution in [-0.4, -0.2) is 30.0 Å². The van der Waals surface area contributed by atoms with Crippen molar-refractivity contribution in [3.8, 4) is 5.75 Å². The summed E-state index contributed by atoms with van der Waals surface area (Å²) in [5.41, 5.74) is -0.353. The van der Waals surface area contributed by atoms with Crippen LogP contribution >= 0.6 is 11.6 Å². The van der Waals surface area contributed by atoms with Crippen LogP contribution in [0, 0.1) is 10.1 Å². The van der Waals surface area contributed by atoms with E-state index in [1.165, 1.54) is 36.4 Å². The predicted molar refractivity (Wildman–Crippen MR) is 90.1 cm³/mol. The molecule has 0 saturated carbocycles. The van der Waals surface area contributed by atoms with Crippen LogP contribution in [0.5, 0.6) is 5.75 Å². The molecule has 2 rings (SSSR count). The molecule has 0 bridgehead atoms. The lowest BCUT2D eigenvalue weighted by atomic mass is 10.2. The molecule has 2 aromatic rings. The molecule has 0 atom stereocenters. The van der Waals surface area contributed by atoms with Gasteiger partial charge >= 0.3 is 12.6 Å². The van der Waals surface area contributed by atoms with Crippen molar-refractivity contribution in [3.05, 3.63) is 63.2 Å². The van der Waals surface area contributed by atoms with Crippen LogP contribution in [0.15, 0.2) is 42.5 Å². The summed E-state index contributed by atoms with van der Waals surface area (Å²) in [7, 11) is 0. The van der Waals surface area contributed by atoms with Gasteiger partial charge in [-0.1, -0.05) is 11.6 Å². The summed E-state index contributed by atoms with van der Waals surface area (Å²) in [5.74, 6) is -1.74. The highest BCUT2D eigenvalue weighted by molar-refractivity contribution is 6.32. The third kappa shape index (κ3) is 5.89. The number of carbonyl (C=O) groups is 2. The van der Waals surface area contributed by atoms with Gasteiger partial charge in [-0.25, -0.2) is 4.79 Å². The molecule has 1 N–H and O–H groups in total. The lowest BCUT2D eigenvalue weighted by Gasteiger charge is -2.08. The zero-order valence-corrected chi connectivity index (χ0v) is 14.1. The molecule has 0 unspecified atom stereocenters. The largest absolute Gasteiger partial charge is 0.452 e. The third-order valence-corrected chi connectivity index (χ3v) is 3.40.